The molecule has 0 aliphatic carbocycles. The Morgan fingerprint density at radius 2 is 2.00 bits per heavy atom. The molecule has 19 heavy (non-hydrogen) atoms. The molecule has 3 aliphatic heterocycles. The standard InChI is InChI=1S/C13H17N3OS2/c1-8-14-12(17-15-8)10-6-16-5-9(10)11(7-16)13-18-3-2-4-19-13/h9-10H,2-7H2,1H3. The number of thioether (sulfide) groups is 2. The minimum atomic E-state index is 0.417. The number of piperidine rings is 1. The lowest BCUT2D eigenvalue weighted by molar-refractivity contribution is 0.312. The number of nitrogens with zero attached hydrogens (tertiary/aromatic N) is 3. The highest BCUT2D eigenvalue weighted by atomic mass is 32.2. The SMILES string of the molecule is Cc1noc(C2CN3CC(=C4SCCCS4)C2C3)n1. The summed E-state index contributed by atoms with van der Waals surface area (Å²) in [5.41, 5.74) is 1.64. The van der Waals surface area contributed by atoms with Crippen LogP contribution < -0.4 is 0 Å². The third-order valence-electron chi connectivity index (χ3n) is 4.11. The average Bonchev–Trinajstić information content (AvgIpc) is 3.13. The van der Waals surface area contributed by atoms with Gasteiger partial charge < -0.3 is 4.52 Å². The van der Waals surface area contributed by atoms with Gasteiger partial charge in [-0.05, 0) is 30.4 Å². The van der Waals surface area contributed by atoms with Crippen LogP contribution in [0.25, 0.3) is 0 Å². The monoisotopic (exact) mass is 295 g/mol. The zero-order chi connectivity index (χ0) is 12.8. The fourth-order valence-electron chi connectivity index (χ4n) is 3.27. The third kappa shape index (κ3) is 2.14. The van der Waals surface area contributed by atoms with Crippen LogP contribution in [-0.4, -0.2) is 46.2 Å². The molecule has 3 saturated heterocycles. The van der Waals surface area contributed by atoms with E-state index in [1.807, 2.05) is 6.92 Å². The number of hydrogen-bond acceptors (Lipinski definition) is 6. The minimum absolute atomic E-state index is 0.417. The largest absolute Gasteiger partial charge is 0.339 e. The molecule has 102 valence electrons. The van der Waals surface area contributed by atoms with E-state index in [9.17, 15) is 0 Å². The van der Waals surface area contributed by atoms with Gasteiger partial charge in [-0.25, -0.2) is 0 Å². The second-order valence-electron chi connectivity index (χ2n) is 5.45. The molecule has 0 N–H and O–H groups in total. The molecule has 4 heterocycles. The Morgan fingerprint density at radius 1 is 1.21 bits per heavy atom. The van der Waals surface area contributed by atoms with Crippen molar-refractivity contribution in [2.24, 2.45) is 5.92 Å². The van der Waals surface area contributed by atoms with Crippen molar-refractivity contribution in [2.45, 2.75) is 19.3 Å². The topological polar surface area (TPSA) is 42.2 Å². The van der Waals surface area contributed by atoms with E-state index in [0.717, 1.165) is 24.8 Å². The predicted molar refractivity (Wildman–Crippen MR) is 78.3 cm³/mol. The third-order valence-corrected chi connectivity index (χ3v) is 6.86. The summed E-state index contributed by atoms with van der Waals surface area (Å²) < 4.78 is 7.00. The van der Waals surface area contributed by atoms with Crippen LogP contribution in [0.4, 0.5) is 0 Å². The van der Waals surface area contributed by atoms with Gasteiger partial charge in [-0.15, -0.1) is 23.5 Å². The first-order valence-corrected chi connectivity index (χ1v) is 8.79. The van der Waals surface area contributed by atoms with Gasteiger partial charge in [0.15, 0.2) is 5.82 Å². The smallest absolute Gasteiger partial charge is 0.231 e. The summed E-state index contributed by atoms with van der Waals surface area (Å²) in [7, 11) is 0. The summed E-state index contributed by atoms with van der Waals surface area (Å²) in [5, 5.41) is 3.95. The molecule has 3 fully saturated rings. The van der Waals surface area contributed by atoms with Crippen molar-refractivity contribution in [2.75, 3.05) is 31.1 Å². The van der Waals surface area contributed by atoms with E-state index >= 15 is 0 Å². The maximum atomic E-state index is 5.41. The minimum Gasteiger partial charge on any atom is -0.339 e. The van der Waals surface area contributed by atoms with Gasteiger partial charge in [0.05, 0.1) is 5.92 Å². The Kier molecular flexibility index (Phi) is 3.12. The maximum absolute atomic E-state index is 5.41. The molecule has 6 heteroatoms. The number of rotatable bonds is 1. The van der Waals surface area contributed by atoms with E-state index in [-0.39, 0.29) is 0 Å². The Bertz CT molecular complexity index is 520. The van der Waals surface area contributed by atoms with Gasteiger partial charge in [-0.1, -0.05) is 5.16 Å². The van der Waals surface area contributed by atoms with Gasteiger partial charge in [0.25, 0.3) is 0 Å². The van der Waals surface area contributed by atoms with Crippen molar-refractivity contribution >= 4 is 23.5 Å². The van der Waals surface area contributed by atoms with Crippen LogP contribution in [0, 0.1) is 12.8 Å². The van der Waals surface area contributed by atoms with Crippen LogP contribution in [0.1, 0.15) is 24.1 Å². The number of hydrogen-bond donors (Lipinski definition) is 0. The highest BCUT2D eigenvalue weighted by Gasteiger charge is 2.46. The van der Waals surface area contributed by atoms with Crippen molar-refractivity contribution in [1.82, 2.24) is 15.0 Å². The van der Waals surface area contributed by atoms with Crippen molar-refractivity contribution in [1.29, 1.82) is 0 Å². The van der Waals surface area contributed by atoms with Crippen LogP contribution in [0.2, 0.25) is 0 Å². The molecule has 3 atom stereocenters. The summed E-state index contributed by atoms with van der Waals surface area (Å²) in [6, 6.07) is 0. The molecule has 0 radical (unpaired) electrons. The molecule has 1 aromatic heterocycles. The fraction of sp³-hybridized carbons (Fsp3) is 0.692. The second kappa shape index (κ2) is 4.82. The number of aromatic nitrogens is 2. The Labute approximate surface area is 121 Å². The van der Waals surface area contributed by atoms with Gasteiger partial charge in [-0.2, -0.15) is 4.98 Å². The van der Waals surface area contributed by atoms with E-state index in [0.29, 0.717) is 11.8 Å². The van der Waals surface area contributed by atoms with Crippen LogP contribution in [0.3, 0.4) is 0 Å². The Morgan fingerprint density at radius 3 is 2.68 bits per heavy atom. The summed E-state index contributed by atoms with van der Waals surface area (Å²) in [6.45, 7) is 5.31. The van der Waals surface area contributed by atoms with Gasteiger partial charge in [0, 0.05) is 29.8 Å². The molecule has 3 unspecified atom stereocenters. The lowest BCUT2D eigenvalue weighted by Gasteiger charge is -2.25. The zero-order valence-electron chi connectivity index (χ0n) is 11.0. The van der Waals surface area contributed by atoms with E-state index in [4.69, 9.17) is 4.52 Å². The molecule has 3 aliphatic rings. The molecule has 4 nitrogen and oxygen atoms in total. The first-order chi connectivity index (χ1) is 9.31. The molecule has 4 rings (SSSR count). The van der Waals surface area contributed by atoms with E-state index < -0.39 is 0 Å². The second-order valence-corrected chi connectivity index (χ2v) is 7.92. The highest BCUT2D eigenvalue weighted by molar-refractivity contribution is 8.22. The Hall–Kier alpha value is -0.460. The fourth-order valence-corrected chi connectivity index (χ4v) is 6.04. The van der Waals surface area contributed by atoms with Crippen LogP contribution in [0.15, 0.2) is 14.3 Å². The number of fused-ring (bicyclic) bond motifs is 2. The summed E-state index contributed by atoms with van der Waals surface area (Å²) in [5.74, 6) is 5.18. The normalized spacial score (nSPS) is 34.3. The van der Waals surface area contributed by atoms with Crippen molar-refractivity contribution < 1.29 is 4.52 Å². The molecule has 0 aromatic carbocycles. The molecule has 0 amide bonds. The first kappa shape index (κ1) is 12.3. The van der Waals surface area contributed by atoms with Crippen LogP contribution >= 0.6 is 23.5 Å². The molecule has 2 bridgehead atoms. The highest BCUT2D eigenvalue weighted by Crippen LogP contribution is 2.48. The summed E-state index contributed by atoms with van der Waals surface area (Å²) in [6.07, 6.45) is 1.34. The molecule has 0 spiro atoms. The van der Waals surface area contributed by atoms with E-state index in [1.54, 1.807) is 9.81 Å². The van der Waals surface area contributed by atoms with Gasteiger partial charge >= 0.3 is 0 Å². The van der Waals surface area contributed by atoms with Gasteiger partial charge in [0.2, 0.25) is 5.89 Å². The lowest BCUT2D eigenvalue weighted by atomic mass is 9.89. The number of aryl methyl sites for hydroxylation is 1. The Balaban J connectivity index is 1.63. The maximum Gasteiger partial charge on any atom is 0.231 e. The summed E-state index contributed by atoms with van der Waals surface area (Å²) >= 11 is 4.10. The van der Waals surface area contributed by atoms with Crippen molar-refractivity contribution in [3.05, 3.63) is 21.5 Å². The van der Waals surface area contributed by atoms with Crippen LogP contribution in [-0.2, 0) is 0 Å². The van der Waals surface area contributed by atoms with Gasteiger partial charge in [0.1, 0.15) is 0 Å². The lowest BCUT2D eigenvalue weighted by Crippen LogP contribution is -2.25. The zero-order valence-corrected chi connectivity index (χ0v) is 12.6. The first-order valence-electron chi connectivity index (χ1n) is 6.82. The molecular formula is C13H17N3OS2. The van der Waals surface area contributed by atoms with Crippen molar-refractivity contribution in [3.8, 4) is 0 Å². The van der Waals surface area contributed by atoms with Crippen molar-refractivity contribution in [3.63, 3.8) is 0 Å². The molecule has 0 saturated carbocycles. The quantitative estimate of drug-likeness (QED) is 0.793. The molecular weight excluding hydrogens is 278 g/mol. The van der Waals surface area contributed by atoms with E-state index in [2.05, 4.69) is 38.6 Å². The van der Waals surface area contributed by atoms with Gasteiger partial charge in [-0.3, -0.25) is 4.90 Å². The summed E-state index contributed by atoms with van der Waals surface area (Å²) in [4.78, 5) is 6.99. The molecule has 1 aromatic rings. The van der Waals surface area contributed by atoms with E-state index in [1.165, 1.54) is 24.5 Å². The predicted octanol–water partition coefficient (Wildman–Crippen LogP) is 2.49. The van der Waals surface area contributed by atoms with Crippen LogP contribution in [0.5, 0.6) is 0 Å². The average molecular weight is 295 g/mol.